The quantitative estimate of drug-likeness (QED) is 0.405. The van der Waals surface area contributed by atoms with Gasteiger partial charge < -0.3 is 20.6 Å². The zero-order chi connectivity index (χ0) is 28.4. The Hall–Kier alpha value is -4.02. The van der Waals surface area contributed by atoms with Crippen LogP contribution in [0.1, 0.15) is 12.8 Å². The summed E-state index contributed by atoms with van der Waals surface area (Å²) in [6.07, 6.45) is 3.01. The molecular weight excluding hydrogens is 539 g/mol. The van der Waals surface area contributed by atoms with E-state index in [2.05, 4.69) is 10.6 Å². The lowest BCUT2D eigenvalue weighted by Crippen LogP contribution is -2.42. The van der Waals surface area contributed by atoms with E-state index in [9.17, 15) is 28.7 Å². The summed E-state index contributed by atoms with van der Waals surface area (Å²) in [6.45, 7) is 0.768. The third-order valence-electron chi connectivity index (χ3n) is 7.42. The first-order chi connectivity index (χ1) is 19.3. The minimum Gasteiger partial charge on any atom is -0.396 e. The summed E-state index contributed by atoms with van der Waals surface area (Å²) in [7, 11) is 0. The molecule has 2 aromatic carbocycles. The number of aliphatic hydroxyl groups excluding tert-OH is 1. The van der Waals surface area contributed by atoms with Crippen LogP contribution in [0.3, 0.4) is 0 Å². The van der Waals surface area contributed by atoms with Crippen molar-refractivity contribution < 1.29 is 23.9 Å². The van der Waals surface area contributed by atoms with Crippen molar-refractivity contribution in [3.63, 3.8) is 0 Å². The van der Waals surface area contributed by atoms with Crippen LogP contribution in [0.25, 0.3) is 5.69 Å². The van der Waals surface area contributed by atoms with E-state index < -0.39 is 35.4 Å². The Bertz CT molecular complexity index is 1490. The number of rotatable bonds is 7. The molecule has 4 unspecified atom stereocenters. The lowest BCUT2D eigenvalue weighted by molar-refractivity contribution is -0.136. The molecule has 1 aliphatic heterocycles. The average molecular weight is 567 g/mol. The van der Waals surface area contributed by atoms with E-state index in [-0.39, 0.29) is 35.4 Å². The van der Waals surface area contributed by atoms with Gasteiger partial charge in [0.15, 0.2) is 0 Å². The zero-order valence-corrected chi connectivity index (χ0v) is 22.2. The topological polar surface area (TPSA) is 121 Å². The summed E-state index contributed by atoms with van der Waals surface area (Å²) in [6, 6.07) is 14.9. The molecule has 3 N–H and O–H groups in total. The van der Waals surface area contributed by atoms with Gasteiger partial charge in [0.25, 0.3) is 5.56 Å². The third-order valence-corrected chi connectivity index (χ3v) is 7.67. The molecule has 5 rings (SSSR count). The van der Waals surface area contributed by atoms with Gasteiger partial charge in [0.2, 0.25) is 17.7 Å². The van der Waals surface area contributed by atoms with Crippen LogP contribution in [0, 0.1) is 29.5 Å². The highest BCUT2D eigenvalue weighted by Crippen LogP contribution is 2.49. The van der Waals surface area contributed by atoms with Gasteiger partial charge in [-0.1, -0.05) is 17.7 Å². The van der Waals surface area contributed by atoms with Gasteiger partial charge in [0.05, 0.1) is 29.1 Å². The highest BCUT2D eigenvalue weighted by Gasteiger charge is 2.63. The number of aromatic nitrogens is 1. The molecule has 11 heteroatoms. The van der Waals surface area contributed by atoms with Gasteiger partial charge in [-0.15, -0.1) is 0 Å². The van der Waals surface area contributed by atoms with Gasteiger partial charge >= 0.3 is 0 Å². The molecule has 0 bridgehead atoms. The van der Waals surface area contributed by atoms with Crippen molar-refractivity contribution in [3.8, 4) is 5.69 Å². The van der Waals surface area contributed by atoms with E-state index in [1.54, 1.807) is 41.3 Å². The Morgan fingerprint density at radius 2 is 1.70 bits per heavy atom. The van der Waals surface area contributed by atoms with E-state index in [0.717, 1.165) is 12.5 Å². The number of hydrogen-bond donors (Lipinski definition) is 3. The molecule has 0 spiro atoms. The predicted molar refractivity (Wildman–Crippen MR) is 148 cm³/mol. The van der Waals surface area contributed by atoms with Crippen LogP contribution < -0.4 is 16.2 Å². The summed E-state index contributed by atoms with van der Waals surface area (Å²) in [4.78, 5) is 53.7. The number of carbonyl (C=O) groups is 3. The average Bonchev–Trinajstić information content (AvgIpc) is 3.71. The number of likely N-dealkylation sites (tertiary alicyclic amines) is 1. The van der Waals surface area contributed by atoms with Crippen LogP contribution in [0.2, 0.25) is 5.02 Å². The number of amides is 3. The monoisotopic (exact) mass is 566 g/mol. The number of aliphatic hydroxyl groups is 1. The molecule has 3 aromatic rings. The van der Waals surface area contributed by atoms with E-state index in [4.69, 9.17) is 11.6 Å². The van der Waals surface area contributed by atoms with E-state index in [1.165, 1.54) is 29.0 Å². The van der Waals surface area contributed by atoms with E-state index >= 15 is 0 Å². The first-order valence-corrected chi connectivity index (χ1v) is 13.4. The van der Waals surface area contributed by atoms with Gasteiger partial charge in [0, 0.05) is 48.7 Å². The number of piperidine rings is 1. The molecule has 3 amide bonds. The number of nitrogens with one attached hydrogen (secondary N) is 2. The van der Waals surface area contributed by atoms with E-state index in [1.807, 2.05) is 0 Å². The normalized spacial score (nSPS) is 21.9. The Morgan fingerprint density at radius 1 is 0.975 bits per heavy atom. The van der Waals surface area contributed by atoms with Gasteiger partial charge in [-0.05, 0) is 61.2 Å². The first-order valence-electron chi connectivity index (χ1n) is 13.0. The molecule has 40 heavy (non-hydrogen) atoms. The van der Waals surface area contributed by atoms with Crippen LogP contribution in [0.15, 0.2) is 71.7 Å². The maximum absolute atomic E-state index is 15.0. The second kappa shape index (κ2) is 11.6. The van der Waals surface area contributed by atoms with Crippen LogP contribution in [-0.2, 0) is 14.4 Å². The molecule has 208 valence electrons. The van der Waals surface area contributed by atoms with Crippen molar-refractivity contribution in [2.75, 3.05) is 30.3 Å². The Morgan fingerprint density at radius 3 is 2.38 bits per heavy atom. The zero-order valence-electron chi connectivity index (χ0n) is 21.4. The van der Waals surface area contributed by atoms with Crippen molar-refractivity contribution in [1.29, 1.82) is 0 Å². The molecule has 1 aliphatic carbocycles. The summed E-state index contributed by atoms with van der Waals surface area (Å²) < 4.78 is 16.3. The molecule has 2 fully saturated rings. The number of hydrogen-bond acceptors (Lipinski definition) is 5. The Labute approximate surface area is 234 Å². The van der Waals surface area contributed by atoms with Crippen molar-refractivity contribution >= 4 is 40.7 Å². The van der Waals surface area contributed by atoms with Gasteiger partial charge in [-0.2, -0.15) is 0 Å². The molecule has 1 saturated heterocycles. The maximum Gasteiger partial charge on any atom is 0.255 e. The fraction of sp³-hybridized carbons (Fsp3) is 0.310. The maximum atomic E-state index is 15.0. The highest BCUT2D eigenvalue weighted by atomic mass is 35.5. The number of carbonyl (C=O) groups excluding carboxylic acids is 3. The molecule has 4 atom stereocenters. The molecule has 2 aliphatic rings. The summed E-state index contributed by atoms with van der Waals surface area (Å²) in [5.41, 5.74) is 0.270. The lowest BCUT2D eigenvalue weighted by atomic mass is 9.98. The molecule has 0 radical (unpaired) electrons. The predicted octanol–water partition coefficient (Wildman–Crippen LogP) is 3.30. The fourth-order valence-corrected chi connectivity index (χ4v) is 5.39. The molecule has 2 heterocycles. The third kappa shape index (κ3) is 5.78. The van der Waals surface area contributed by atoms with Crippen LogP contribution in [-0.4, -0.2) is 52.0 Å². The Kier molecular flexibility index (Phi) is 7.99. The summed E-state index contributed by atoms with van der Waals surface area (Å²) in [5, 5.41) is 15.3. The minimum absolute atomic E-state index is 0.0524. The second-order valence-corrected chi connectivity index (χ2v) is 10.5. The second-order valence-electron chi connectivity index (χ2n) is 10.1. The van der Waals surface area contributed by atoms with Crippen LogP contribution in [0.5, 0.6) is 0 Å². The highest BCUT2D eigenvalue weighted by molar-refractivity contribution is 6.30. The van der Waals surface area contributed by atoms with Gasteiger partial charge in [0.1, 0.15) is 5.82 Å². The number of nitrogens with zero attached hydrogens (tertiary/aromatic N) is 2. The minimum atomic E-state index is -1.01. The first kappa shape index (κ1) is 27.5. The largest absolute Gasteiger partial charge is 0.396 e. The van der Waals surface area contributed by atoms with Crippen LogP contribution in [0.4, 0.5) is 15.8 Å². The number of anilines is 2. The lowest BCUT2D eigenvalue weighted by Gasteiger charge is -2.32. The number of benzene rings is 2. The number of halogens is 2. The van der Waals surface area contributed by atoms with Gasteiger partial charge in [-0.25, -0.2) is 4.39 Å². The summed E-state index contributed by atoms with van der Waals surface area (Å²) >= 11 is 5.92. The Balaban J connectivity index is 1.35. The molecule has 1 aromatic heterocycles. The van der Waals surface area contributed by atoms with Crippen molar-refractivity contribution in [2.45, 2.75) is 12.8 Å². The SMILES string of the molecule is O=C(Nc1ccc(Cl)cc1)C1C(C(=O)Nc2ccc(-n3ccccc3=O)cc2F)C1C(=O)N1CCCC(CO)C1. The molecule has 1 saturated carbocycles. The van der Waals surface area contributed by atoms with E-state index in [0.29, 0.717) is 30.2 Å². The smallest absolute Gasteiger partial charge is 0.255 e. The van der Waals surface area contributed by atoms with Crippen molar-refractivity contribution in [1.82, 2.24) is 9.47 Å². The molecule has 9 nitrogen and oxygen atoms in total. The molecular formula is C29H28ClFN4O5. The standard InChI is InChI=1S/C29H28ClFN4O5/c30-18-6-8-19(9-7-18)32-27(38)24-25(26(24)29(40)34-12-3-4-17(15-34)16-36)28(39)33-22-11-10-20(14-21(22)31)35-13-2-1-5-23(35)37/h1-2,5-11,13-14,17,24-26,36H,3-4,12,15-16H2,(H,32,38)(H,33,39). The van der Waals surface area contributed by atoms with Crippen LogP contribution >= 0.6 is 11.6 Å². The van der Waals surface area contributed by atoms with Crippen molar-refractivity contribution in [2.24, 2.45) is 23.7 Å². The summed E-state index contributed by atoms with van der Waals surface area (Å²) in [5.74, 6) is -5.22. The van der Waals surface area contributed by atoms with Gasteiger partial charge in [-0.3, -0.25) is 23.7 Å². The van der Waals surface area contributed by atoms with Crippen molar-refractivity contribution in [3.05, 3.63) is 88.1 Å². The number of pyridine rings is 1. The fourth-order valence-electron chi connectivity index (χ4n) is 5.27.